The van der Waals surface area contributed by atoms with Crippen molar-refractivity contribution in [3.8, 4) is 5.75 Å². The lowest BCUT2D eigenvalue weighted by molar-refractivity contribution is 0.411. The van der Waals surface area contributed by atoms with E-state index in [1.807, 2.05) is 37.4 Å². The van der Waals surface area contributed by atoms with Crippen LogP contribution in [0.5, 0.6) is 5.75 Å². The second-order valence-corrected chi connectivity index (χ2v) is 4.59. The maximum atomic E-state index is 5.97. The lowest BCUT2D eigenvalue weighted by Crippen LogP contribution is -2.21. The van der Waals surface area contributed by atoms with Crippen molar-refractivity contribution in [3.63, 3.8) is 0 Å². The first-order valence-corrected chi connectivity index (χ1v) is 6.97. The Morgan fingerprint density at radius 3 is 2.65 bits per heavy atom. The number of para-hydroxylation sites is 1. The Bertz CT molecular complexity index is 511. The summed E-state index contributed by atoms with van der Waals surface area (Å²) in [6.07, 6.45) is 16.6. The highest BCUT2D eigenvalue weighted by Crippen LogP contribution is 2.16. The van der Waals surface area contributed by atoms with Crippen LogP contribution in [-0.4, -0.2) is 13.1 Å². The lowest BCUT2D eigenvalue weighted by Gasteiger charge is -2.12. The monoisotopic (exact) mass is 267 g/mol. The van der Waals surface area contributed by atoms with Gasteiger partial charge in [-0.15, -0.1) is 0 Å². The molecular formula is C18H21NO. The van der Waals surface area contributed by atoms with Gasteiger partial charge in [-0.2, -0.15) is 0 Å². The maximum Gasteiger partial charge on any atom is 0.126 e. The molecule has 2 heteroatoms. The van der Waals surface area contributed by atoms with Crippen molar-refractivity contribution in [2.45, 2.75) is 18.9 Å². The average molecular weight is 267 g/mol. The summed E-state index contributed by atoms with van der Waals surface area (Å²) in [7, 11) is 1.96. The predicted molar refractivity (Wildman–Crippen MR) is 84.7 cm³/mol. The molecule has 1 N–H and O–H groups in total. The smallest absolute Gasteiger partial charge is 0.126 e. The molecule has 2 rings (SSSR count). The van der Waals surface area contributed by atoms with Crippen LogP contribution in [0.3, 0.4) is 0 Å². The molecule has 0 spiro atoms. The van der Waals surface area contributed by atoms with Gasteiger partial charge in [-0.3, -0.25) is 0 Å². The van der Waals surface area contributed by atoms with Gasteiger partial charge < -0.3 is 10.1 Å². The average Bonchev–Trinajstić information content (AvgIpc) is 2.53. The van der Waals surface area contributed by atoms with Crippen molar-refractivity contribution in [2.75, 3.05) is 7.05 Å². The SMILES string of the molecule is CNC1/C=C\C/C=C\C=C/C/C(Oc2ccccc2)=C\1. The van der Waals surface area contributed by atoms with Crippen LogP contribution in [0.25, 0.3) is 0 Å². The van der Waals surface area contributed by atoms with Gasteiger partial charge >= 0.3 is 0 Å². The molecular weight excluding hydrogens is 246 g/mol. The summed E-state index contributed by atoms with van der Waals surface area (Å²) in [6.45, 7) is 0. The third-order valence-corrected chi connectivity index (χ3v) is 3.01. The molecule has 0 bridgehead atoms. The molecule has 0 fully saturated rings. The molecule has 0 saturated carbocycles. The minimum atomic E-state index is 0.189. The highest BCUT2D eigenvalue weighted by atomic mass is 16.5. The van der Waals surface area contributed by atoms with Gasteiger partial charge in [-0.25, -0.2) is 0 Å². The van der Waals surface area contributed by atoms with Crippen LogP contribution in [0.15, 0.2) is 78.6 Å². The number of hydrogen-bond donors (Lipinski definition) is 1. The van der Waals surface area contributed by atoms with E-state index >= 15 is 0 Å². The standard InChI is InChI=1S/C18H21NO/c1-19-16-11-7-4-2-3-5-8-14-18(15-16)20-17-12-9-6-10-13-17/h2-3,5-13,15-16,19H,4,14H2,1H3/b3-2-,8-5-,11-7-,18-15+. The molecule has 1 atom stereocenters. The Balaban J connectivity index is 2.18. The number of likely N-dealkylation sites (N-methyl/N-ethyl adjacent to an activating group) is 1. The second kappa shape index (κ2) is 8.18. The van der Waals surface area contributed by atoms with Crippen molar-refractivity contribution in [2.24, 2.45) is 0 Å². The molecule has 0 saturated heterocycles. The predicted octanol–water partition coefficient (Wildman–Crippen LogP) is 4.00. The first kappa shape index (κ1) is 14.4. The molecule has 0 radical (unpaired) electrons. The van der Waals surface area contributed by atoms with Crippen molar-refractivity contribution < 1.29 is 4.74 Å². The van der Waals surface area contributed by atoms with Gasteiger partial charge in [0.2, 0.25) is 0 Å². The minimum Gasteiger partial charge on any atom is -0.462 e. The van der Waals surface area contributed by atoms with E-state index in [4.69, 9.17) is 4.74 Å². The van der Waals surface area contributed by atoms with Crippen LogP contribution in [0.4, 0.5) is 0 Å². The Kier molecular flexibility index (Phi) is 5.87. The van der Waals surface area contributed by atoms with E-state index in [-0.39, 0.29) is 6.04 Å². The maximum absolute atomic E-state index is 5.97. The van der Waals surface area contributed by atoms with Crippen LogP contribution >= 0.6 is 0 Å². The summed E-state index contributed by atoms with van der Waals surface area (Å²) >= 11 is 0. The summed E-state index contributed by atoms with van der Waals surface area (Å²) < 4.78 is 5.97. The fraction of sp³-hybridized carbons (Fsp3) is 0.222. The van der Waals surface area contributed by atoms with Gasteiger partial charge in [0, 0.05) is 12.5 Å². The van der Waals surface area contributed by atoms with Gasteiger partial charge in [0.1, 0.15) is 11.5 Å². The molecule has 2 nitrogen and oxygen atoms in total. The van der Waals surface area contributed by atoms with E-state index in [1.165, 1.54) is 0 Å². The number of allylic oxidation sites excluding steroid dienone is 5. The third-order valence-electron chi connectivity index (χ3n) is 3.01. The summed E-state index contributed by atoms with van der Waals surface area (Å²) in [5.74, 6) is 1.82. The van der Waals surface area contributed by atoms with Crippen molar-refractivity contribution in [1.82, 2.24) is 5.32 Å². The summed E-state index contributed by atoms with van der Waals surface area (Å²) in [6, 6.07) is 10.1. The lowest BCUT2D eigenvalue weighted by atomic mass is 10.2. The molecule has 1 aliphatic carbocycles. The molecule has 0 amide bonds. The number of ether oxygens (including phenoxy) is 1. The van der Waals surface area contributed by atoms with Crippen LogP contribution in [0.2, 0.25) is 0 Å². The van der Waals surface area contributed by atoms with Gasteiger partial charge in [0.25, 0.3) is 0 Å². The fourth-order valence-corrected chi connectivity index (χ4v) is 1.94. The zero-order valence-electron chi connectivity index (χ0n) is 11.8. The van der Waals surface area contributed by atoms with E-state index in [0.717, 1.165) is 24.4 Å². The Morgan fingerprint density at radius 1 is 1.05 bits per heavy atom. The topological polar surface area (TPSA) is 21.3 Å². The van der Waals surface area contributed by atoms with Gasteiger partial charge in [0.05, 0.1) is 0 Å². The van der Waals surface area contributed by atoms with Crippen LogP contribution in [0.1, 0.15) is 12.8 Å². The zero-order valence-corrected chi connectivity index (χ0v) is 11.8. The quantitative estimate of drug-likeness (QED) is 0.836. The van der Waals surface area contributed by atoms with Crippen molar-refractivity contribution in [1.29, 1.82) is 0 Å². The molecule has 1 aromatic carbocycles. The molecule has 20 heavy (non-hydrogen) atoms. The molecule has 1 aromatic rings. The molecule has 104 valence electrons. The van der Waals surface area contributed by atoms with Crippen LogP contribution in [-0.2, 0) is 0 Å². The van der Waals surface area contributed by atoms with Crippen molar-refractivity contribution >= 4 is 0 Å². The molecule has 1 aliphatic rings. The molecule has 1 unspecified atom stereocenters. The number of nitrogens with one attached hydrogen (secondary N) is 1. The number of benzene rings is 1. The third kappa shape index (κ3) is 4.90. The van der Waals surface area contributed by atoms with E-state index in [2.05, 4.69) is 47.8 Å². The van der Waals surface area contributed by atoms with E-state index in [0.29, 0.717) is 0 Å². The summed E-state index contributed by atoms with van der Waals surface area (Å²) in [5.41, 5.74) is 0. The number of rotatable bonds is 3. The van der Waals surface area contributed by atoms with Crippen LogP contribution in [0, 0.1) is 0 Å². The largest absolute Gasteiger partial charge is 0.462 e. The Labute approximate surface area is 121 Å². The molecule has 0 aromatic heterocycles. The van der Waals surface area contributed by atoms with Crippen LogP contribution < -0.4 is 10.1 Å². The van der Waals surface area contributed by atoms with Gasteiger partial charge in [-0.05, 0) is 31.7 Å². The van der Waals surface area contributed by atoms with Gasteiger partial charge in [-0.1, -0.05) is 54.7 Å². The normalized spacial score (nSPS) is 26.6. The first-order chi connectivity index (χ1) is 9.88. The summed E-state index contributed by atoms with van der Waals surface area (Å²) in [4.78, 5) is 0. The first-order valence-electron chi connectivity index (χ1n) is 6.97. The van der Waals surface area contributed by atoms with E-state index in [1.54, 1.807) is 0 Å². The molecule has 0 aliphatic heterocycles. The Hall–Kier alpha value is -2.06. The number of hydrogen-bond acceptors (Lipinski definition) is 2. The minimum absolute atomic E-state index is 0.189. The Morgan fingerprint density at radius 2 is 1.85 bits per heavy atom. The second-order valence-electron chi connectivity index (χ2n) is 4.59. The highest BCUT2D eigenvalue weighted by molar-refractivity contribution is 5.25. The molecule has 0 heterocycles. The van der Waals surface area contributed by atoms with E-state index in [9.17, 15) is 0 Å². The van der Waals surface area contributed by atoms with Crippen molar-refractivity contribution in [3.05, 3.63) is 78.6 Å². The fourth-order valence-electron chi connectivity index (χ4n) is 1.94. The van der Waals surface area contributed by atoms with E-state index < -0.39 is 0 Å². The zero-order chi connectivity index (χ0) is 14.0. The summed E-state index contributed by atoms with van der Waals surface area (Å²) in [5, 5.41) is 3.26. The highest BCUT2D eigenvalue weighted by Gasteiger charge is 2.04. The van der Waals surface area contributed by atoms with Gasteiger partial charge in [0.15, 0.2) is 0 Å².